The van der Waals surface area contributed by atoms with Gasteiger partial charge < -0.3 is 9.47 Å². The predicted molar refractivity (Wildman–Crippen MR) is 127 cm³/mol. The predicted octanol–water partition coefficient (Wildman–Crippen LogP) is 7.90. The van der Waals surface area contributed by atoms with Gasteiger partial charge >= 0.3 is 0 Å². The van der Waals surface area contributed by atoms with Crippen molar-refractivity contribution in [3.8, 4) is 11.1 Å². The summed E-state index contributed by atoms with van der Waals surface area (Å²) in [6.45, 7) is 5.91. The van der Waals surface area contributed by atoms with Crippen LogP contribution in [0.5, 0.6) is 0 Å². The van der Waals surface area contributed by atoms with E-state index in [1.54, 1.807) is 0 Å². The van der Waals surface area contributed by atoms with Crippen molar-refractivity contribution in [2.75, 3.05) is 13.2 Å². The van der Waals surface area contributed by atoms with Crippen LogP contribution in [0.1, 0.15) is 88.9 Å². The molecule has 0 saturated carbocycles. The van der Waals surface area contributed by atoms with Gasteiger partial charge in [-0.3, -0.25) is 0 Å². The third-order valence-corrected chi connectivity index (χ3v) is 6.23. The van der Waals surface area contributed by atoms with Gasteiger partial charge in [0.25, 0.3) is 0 Å². The summed E-state index contributed by atoms with van der Waals surface area (Å²) in [6.07, 6.45) is 13.1. The van der Waals surface area contributed by atoms with Gasteiger partial charge in [0, 0.05) is 0 Å². The van der Waals surface area contributed by atoms with Crippen LogP contribution < -0.4 is 0 Å². The van der Waals surface area contributed by atoms with Gasteiger partial charge in [0.15, 0.2) is 0 Å². The Balaban J connectivity index is 1.44. The van der Waals surface area contributed by atoms with Crippen LogP contribution in [0, 0.1) is 0 Å². The molecule has 0 radical (unpaired) electrons. The van der Waals surface area contributed by atoms with E-state index < -0.39 is 0 Å². The first-order valence-corrected chi connectivity index (χ1v) is 12.2. The molecule has 2 heteroatoms. The standard InChI is InChI=1S/C28H40O2/c1-3-5-7-8-10-12-27-21-30-28(22-29-27)26-19-17-25(18-20-26)24-15-13-23(14-16-24)11-9-6-4-2/h13-20,27-28H,3-12,21-22H2,1-2H3. The molecule has 3 rings (SSSR count). The zero-order valence-electron chi connectivity index (χ0n) is 19.1. The van der Waals surface area contributed by atoms with Crippen LogP contribution in [-0.2, 0) is 15.9 Å². The maximum atomic E-state index is 6.14. The molecule has 30 heavy (non-hydrogen) atoms. The van der Waals surface area contributed by atoms with Gasteiger partial charge in [-0.1, -0.05) is 107 Å². The minimum absolute atomic E-state index is 0.0660. The first-order valence-electron chi connectivity index (χ1n) is 12.2. The van der Waals surface area contributed by atoms with Crippen molar-refractivity contribution < 1.29 is 9.47 Å². The molecule has 0 aliphatic carbocycles. The first kappa shape index (κ1) is 23.0. The highest BCUT2D eigenvalue weighted by Crippen LogP contribution is 2.28. The number of hydrogen-bond donors (Lipinski definition) is 0. The molecule has 1 saturated heterocycles. The quantitative estimate of drug-likeness (QED) is 0.332. The Hall–Kier alpha value is -1.64. The van der Waals surface area contributed by atoms with E-state index in [9.17, 15) is 0 Å². The summed E-state index contributed by atoms with van der Waals surface area (Å²) in [5, 5.41) is 0. The van der Waals surface area contributed by atoms with Crippen molar-refractivity contribution in [2.45, 2.75) is 90.3 Å². The lowest BCUT2D eigenvalue weighted by Gasteiger charge is -2.30. The van der Waals surface area contributed by atoms with Gasteiger partial charge in [-0.05, 0) is 41.5 Å². The molecule has 0 amide bonds. The Morgan fingerprint density at radius 2 is 1.30 bits per heavy atom. The minimum Gasteiger partial charge on any atom is -0.373 e. The van der Waals surface area contributed by atoms with Crippen molar-refractivity contribution in [3.05, 3.63) is 59.7 Å². The molecule has 2 atom stereocenters. The molecule has 2 aromatic rings. The molecule has 1 aliphatic heterocycles. The van der Waals surface area contributed by atoms with E-state index in [1.165, 1.54) is 80.0 Å². The molecule has 2 nitrogen and oxygen atoms in total. The number of ether oxygens (including phenoxy) is 2. The van der Waals surface area contributed by atoms with Gasteiger partial charge in [0.2, 0.25) is 0 Å². The van der Waals surface area contributed by atoms with E-state index in [0.29, 0.717) is 6.61 Å². The van der Waals surface area contributed by atoms with Crippen LogP contribution in [0.4, 0.5) is 0 Å². The van der Waals surface area contributed by atoms with E-state index in [4.69, 9.17) is 9.47 Å². The van der Waals surface area contributed by atoms with Gasteiger partial charge in [-0.15, -0.1) is 0 Å². The largest absolute Gasteiger partial charge is 0.373 e. The van der Waals surface area contributed by atoms with Crippen molar-refractivity contribution in [1.82, 2.24) is 0 Å². The molecule has 0 aromatic heterocycles. The highest BCUT2D eigenvalue weighted by atomic mass is 16.6. The Morgan fingerprint density at radius 3 is 1.93 bits per heavy atom. The van der Waals surface area contributed by atoms with E-state index in [0.717, 1.165) is 13.0 Å². The average Bonchev–Trinajstić information content (AvgIpc) is 2.80. The molecule has 2 aromatic carbocycles. The Labute approximate surface area is 184 Å². The summed E-state index contributed by atoms with van der Waals surface area (Å²) in [7, 11) is 0. The maximum absolute atomic E-state index is 6.14. The lowest BCUT2D eigenvalue weighted by atomic mass is 9.99. The molecular formula is C28H40O2. The monoisotopic (exact) mass is 408 g/mol. The molecule has 0 bridgehead atoms. The van der Waals surface area contributed by atoms with Gasteiger partial charge in [0.05, 0.1) is 19.3 Å². The van der Waals surface area contributed by atoms with Crippen LogP contribution in [-0.4, -0.2) is 19.3 Å². The summed E-state index contributed by atoms with van der Waals surface area (Å²) < 4.78 is 12.2. The van der Waals surface area contributed by atoms with Crippen molar-refractivity contribution in [2.24, 2.45) is 0 Å². The van der Waals surface area contributed by atoms with E-state index >= 15 is 0 Å². The lowest BCUT2D eigenvalue weighted by molar-refractivity contribution is -0.137. The van der Waals surface area contributed by atoms with Crippen molar-refractivity contribution in [3.63, 3.8) is 0 Å². The number of aryl methyl sites for hydroxylation is 1. The number of rotatable bonds is 12. The normalized spacial score (nSPS) is 19.1. The molecule has 1 aliphatic rings. The molecule has 0 N–H and O–H groups in total. The van der Waals surface area contributed by atoms with Gasteiger partial charge in [-0.25, -0.2) is 0 Å². The van der Waals surface area contributed by atoms with Crippen LogP contribution in [0.25, 0.3) is 11.1 Å². The van der Waals surface area contributed by atoms with Crippen LogP contribution in [0.15, 0.2) is 48.5 Å². The Morgan fingerprint density at radius 1 is 0.667 bits per heavy atom. The minimum atomic E-state index is 0.0660. The second-order valence-corrected chi connectivity index (χ2v) is 8.76. The maximum Gasteiger partial charge on any atom is 0.106 e. The fourth-order valence-electron chi connectivity index (χ4n) is 4.21. The average molecular weight is 409 g/mol. The summed E-state index contributed by atoms with van der Waals surface area (Å²) in [4.78, 5) is 0. The zero-order valence-corrected chi connectivity index (χ0v) is 19.1. The van der Waals surface area contributed by atoms with Crippen LogP contribution >= 0.6 is 0 Å². The summed E-state index contributed by atoms with van der Waals surface area (Å²) >= 11 is 0. The summed E-state index contributed by atoms with van der Waals surface area (Å²) in [5.41, 5.74) is 5.21. The molecule has 0 spiro atoms. The fourth-order valence-corrected chi connectivity index (χ4v) is 4.21. The second-order valence-electron chi connectivity index (χ2n) is 8.76. The molecule has 2 unspecified atom stereocenters. The van der Waals surface area contributed by atoms with Crippen molar-refractivity contribution >= 4 is 0 Å². The topological polar surface area (TPSA) is 18.5 Å². The molecule has 164 valence electrons. The highest BCUT2D eigenvalue weighted by Gasteiger charge is 2.23. The third kappa shape index (κ3) is 7.25. The molecular weight excluding hydrogens is 368 g/mol. The third-order valence-electron chi connectivity index (χ3n) is 6.23. The fraction of sp³-hybridized carbons (Fsp3) is 0.571. The smallest absolute Gasteiger partial charge is 0.106 e. The van der Waals surface area contributed by atoms with E-state index in [2.05, 4.69) is 62.4 Å². The molecule has 1 fully saturated rings. The van der Waals surface area contributed by atoms with E-state index in [-0.39, 0.29) is 12.2 Å². The summed E-state index contributed by atoms with van der Waals surface area (Å²) in [5.74, 6) is 0. The zero-order chi connectivity index (χ0) is 21.0. The highest BCUT2D eigenvalue weighted by molar-refractivity contribution is 5.64. The van der Waals surface area contributed by atoms with E-state index in [1.807, 2.05) is 0 Å². The number of unbranched alkanes of at least 4 members (excludes halogenated alkanes) is 6. The van der Waals surface area contributed by atoms with Crippen LogP contribution in [0.3, 0.4) is 0 Å². The Kier molecular flexibility index (Phi) is 9.92. The number of hydrogen-bond acceptors (Lipinski definition) is 2. The van der Waals surface area contributed by atoms with Gasteiger partial charge in [-0.2, -0.15) is 0 Å². The number of benzene rings is 2. The lowest BCUT2D eigenvalue weighted by Crippen LogP contribution is -2.31. The summed E-state index contributed by atoms with van der Waals surface area (Å²) in [6, 6.07) is 17.9. The second kappa shape index (κ2) is 12.9. The SMILES string of the molecule is CCCCCCCC1COC(c2ccc(-c3ccc(CCCCC)cc3)cc2)CO1. The first-order chi connectivity index (χ1) is 14.8. The van der Waals surface area contributed by atoms with Crippen molar-refractivity contribution in [1.29, 1.82) is 0 Å². The van der Waals surface area contributed by atoms with Crippen LogP contribution in [0.2, 0.25) is 0 Å². The molecule has 1 heterocycles. The van der Waals surface area contributed by atoms with Gasteiger partial charge in [0.1, 0.15) is 6.10 Å². The Bertz CT molecular complexity index is 696.